The highest BCUT2D eigenvalue weighted by molar-refractivity contribution is 7.13. The molecule has 0 aromatic carbocycles. The zero-order valence-electron chi connectivity index (χ0n) is 13.4. The fourth-order valence-electron chi connectivity index (χ4n) is 2.82. The summed E-state index contributed by atoms with van der Waals surface area (Å²) in [5.41, 5.74) is 0.908. The molecule has 0 spiro atoms. The van der Waals surface area contributed by atoms with E-state index in [0.29, 0.717) is 24.8 Å². The molecule has 3 aromatic heterocycles. The predicted molar refractivity (Wildman–Crippen MR) is 94.8 cm³/mol. The van der Waals surface area contributed by atoms with Gasteiger partial charge in [-0.05, 0) is 35.6 Å². The zero-order chi connectivity index (χ0) is 17.1. The van der Waals surface area contributed by atoms with E-state index in [1.807, 2.05) is 34.5 Å². The van der Waals surface area contributed by atoms with Crippen LogP contribution in [0, 0.1) is 0 Å². The molecule has 7 heteroatoms. The number of hydrogen-bond acceptors (Lipinski definition) is 6. The number of aromatic nitrogens is 3. The average molecular weight is 352 g/mol. The van der Waals surface area contributed by atoms with Gasteiger partial charge in [0.1, 0.15) is 0 Å². The van der Waals surface area contributed by atoms with Gasteiger partial charge in [-0.1, -0.05) is 17.3 Å². The minimum Gasteiger partial charge on any atom is -0.338 e. The first-order chi connectivity index (χ1) is 12.3. The van der Waals surface area contributed by atoms with Gasteiger partial charge in [-0.15, -0.1) is 11.3 Å². The summed E-state index contributed by atoms with van der Waals surface area (Å²) >= 11 is 1.57. The summed E-state index contributed by atoms with van der Waals surface area (Å²) in [7, 11) is 0. The highest BCUT2D eigenvalue weighted by Crippen LogP contribution is 2.29. The summed E-state index contributed by atoms with van der Waals surface area (Å²) in [4.78, 5) is 23.6. The van der Waals surface area contributed by atoms with Gasteiger partial charge in [0.15, 0.2) is 5.82 Å². The van der Waals surface area contributed by atoms with Gasteiger partial charge in [0.2, 0.25) is 5.91 Å². The standard InChI is InChI=1S/C18H16N4O2S/c23-16(6-5-13-3-1-8-19-11-13)22-9-7-14(12-22)17-20-18(24-21-17)15-4-2-10-25-15/h1-6,8,10-11,14H,7,9,12H2/b6-5-. The van der Waals surface area contributed by atoms with Crippen LogP contribution in [0.5, 0.6) is 0 Å². The number of likely N-dealkylation sites (tertiary alicyclic amines) is 1. The van der Waals surface area contributed by atoms with Crippen LogP contribution in [-0.2, 0) is 4.79 Å². The molecule has 1 aliphatic heterocycles. The normalized spacial score (nSPS) is 17.4. The summed E-state index contributed by atoms with van der Waals surface area (Å²) in [6, 6.07) is 7.66. The van der Waals surface area contributed by atoms with Gasteiger partial charge in [0.25, 0.3) is 5.89 Å². The SMILES string of the molecule is O=C(/C=C\c1cccnc1)N1CCC(c2noc(-c3cccs3)n2)C1. The Morgan fingerprint density at radius 1 is 1.36 bits per heavy atom. The molecule has 0 aliphatic carbocycles. The molecular weight excluding hydrogens is 336 g/mol. The van der Waals surface area contributed by atoms with Crippen LogP contribution in [0.2, 0.25) is 0 Å². The van der Waals surface area contributed by atoms with E-state index in [1.54, 1.807) is 35.9 Å². The van der Waals surface area contributed by atoms with Crippen molar-refractivity contribution in [2.75, 3.05) is 13.1 Å². The minimum absolute atomic E-state index is 0.00618. The molecule has 0 N–H and O–H groups in total. The monoisotopic (exact) mass is 352 g/mol. The molecule has 1 atom stereocenters. The van der Waals surface area contributed by atoms with Crippen LogP contribution in [0.4, 0.5) is 0 Å². The quantitative estimate of drug-likeness (QED) is 0.674. The molecule has 1 amide bonds. The molecule has 3 aromatic rings. The second kappa shape index (κ2) is 6.98. The lowest BCUT2D eigenvalue weighted by atomic mass is 10.1. The molecule has 4 heterocycles. The van der Waals surface area contributed by atoms with E-state index in [-0.39, 0.29) is 11.8 Å². The Labute approximate surface area is 148 Å². The number of carbonyl (C=O) groups excluding carboxylic acids is 1. The van der Waals surface area contributed by atoms with Crippen molar-refractivity contribution in [1.82, 2.24) is 20.0 Å². The third-order valence-electron chi connectivity index (χ3n) is 4.14. The number of amides is 1. The smallest absolute Gasteiger partial charge is 0.267 e. The first kappa shape index (κ1) is 15.7. The minimum atomic E-state index is -0.00618. The molecule has 0 saturated carbocycles. The molecule has 1 saturated heterocycles. The van der Waals surface area contributed by atoms with Crippen molar-refractivity contribution < 1.29 is 9.32 Å². The van der Waals surface area contributed by atoms with Crippen LogP contribution in [-0.4, -0.2) is 39.0 Å². The van der Waals surface area contributed by atoms with E-state index < -0.39 is 0 Å². The third kappa shape index (κ3) is 3.51. The molecule has 0 radical (unpaired) electrons. The van der Waals surface area contributed by atoms with Gasteiger partial charge < -0.3 is 9.42 Å². The van der Waals surface area contributed by atoms with Crippen molar-refractivity contribution in [2.24, 2.45) is 0 Å². The first-order valence-electron chi connectivity index (χ1n) is 8.04. The van der Waals surface area contributed by atoms with Crippen LogP contribution < -0.4 is 0 Å². The summed E-state index contributed by atoms with van der Waals surface area (Å²) in [5, 5.41) is 6.07. The number of pyridine rings is 1. The molecule has 6 nitrogen and oxygen atoms in total. The van der Waals surface area contributed by atoms with E-state index in [9.17, 15) is 4.79 Å². The average Bonchev–Trinajstić information content (AvgIpc) is 3.40. The first-order valence-corrected chi connectivity index (χ1v) is 8.92. The molecule has 1 unspecified atom stereocenters. The van der Waals surface area contributed by atoms with Crippen LogP contribution in [0.1, 0.15) is 23.7 Å². The third-order valence-corrected chi connectivity index (χ3v) is 5.00. The van der Waals surface area contributed by atoms with Gasteiger partial charge in [-0.25, -0.2) is 0 Å². The molecule has 4 rings (SSSR count). The predicted octanol–water partition coefficient (Wildman–Crippen LogP) is 3.22. The Hall–Kier alpha value is -2.80. The van der Waals surface area contributed by atoms with E-state index in [0.717, 1.165) is 16.9 Å². The Bertz CT molecular complexity index is 874. The molecule has 25 heavy (non-hydrogen) atoms. The van der Waals surface area contributed by atoms with Gasteiger partial charge >= 0.3 is 0 Å². The van der Waals surface area contributed by atoms with E-state index >= 15 is 0 Å². The summed E-state index contributed by atoms with van der Waals surface area (Å²) in [5.74, 6) is 1.34. The largest absolute Gasteiger partial charge is 0.338 e. The number of carbonyl (C=O) groups is 1. The second-order valence-corrected chi connectivity index (χ2v) is 6.77. The highest BCUT2D eigenvalue weighted by atomic mass is 32.1. The van der Waals surface area contributed by atoms with Crippen LogP contribution >= 0.6 is 11.3 Å². The summed E-state index contributed by atoms with van der Waals surface area (Å²) in [6.07, 6.45) is 7.65. The second-order valence-electron chi connectivity index (χ2n) is 5.82. The fourth-order valence-corrected chi connectivity index (χ4v) is 3.46. The Morgan fingerprint density at radius 3 is 3.12 bits per heavy atom. The Kier molecular flexibility index (Phi) is 4.39. The Balaban J connectivity index is 1.40. The lowest BCUT2D eigenvalue weighted by molar-refractivity contribution is -0.124. The highest BCUT2D eigenvalue weighted by Gasteiger charge is 2.29. The maximum absolute atomic E-state index is 12.3. The summed E-state index contributed by atoms with van der Waals surface area (Å²) < 4.78 is 5.35. The fraction of sp³-hybridized carbons (Fsp3) is 0.222. The van der Waals surface area contributed by atoms with Gasteiger partial charge in [-0.3, -0.25) is 9.78 Å². The van der Waals surface area contributed by atoms with Crippen LogP contribution in [0.25, 0.3) is 16.8 Å². The van der Waals surface area contributed by atoms with Crippen LogP contribution in [0.3, 0.4) is 0 Å². The van der Waals surface area contributed by atoms with Crippen molar-refractivity contribution in [3.63, 3.8) is 0 Å². The molecule has 1 fully saturated rings. The number of nitrogens with zero attached hydrogens (tertiary/aromatic N) is 4. The number of hydrogen-bond donors (Lipinski definition) is 0. The van der Waals surface area contributed by atoms with Gasteiger partial charge in [0, 0.05) is 37.5 Å². The van der Waals surface area contributed by atoms with Crippen molar-refractivity contribution in [3.8, 4) is 10.8 Å². The van der Waals surface area contributed by atoms with Crippen molar-refractivity contribution in [1.29, 1.82) is 0 Å². The van der Waals surface area contributed by atoms with E-state index in [1.165, 1.54) is 0 Å². The van der Waals surface area contributed by atoms with E-state index in [2.05, 4.69) is 15.1 Å². The van der Waals surface area contributed by atoms with Gasteiger partial charge in [0.05, 0.1) is 4.88 Å². The lowest BCUT2D eigenvalue weighted by Gasteiger charge is -2.12. The molecular formula is C18H16N4O2S. The van der Waals surface area contributed by atoms with Crippen molar-refractivity contribution in [3.05, 3.63) is 59.5 Å². The molecule has 1 aliphatic rings. The molecule has 126 valence electrons. The lowest BCUT2D eigenvalue weighted by Crippen LogP contribution is -2.26. The number of rotatable bonds is 4. The maximum Gasteiger partial charge on any atom is 0.267 e. The Morgan fingerprint density at radius 2 is 2.32 bits per heavy atom. The summed E-state index contributed by atoms with van der Waals surface area (Å²) in [6.45, 7) is 1.31. The zero-order valence-corrected chi connectivity index (χ0v) is 14.2. The van der Waals surface area contributed by atoms with Crippen molar-refractivity contribution in [2.45, 2.75) is 12.3 Å². The van der Waals surface area contributed by atoms with E-state index in [4.69, 9.17) is 4.52 Å². The van der Waals surface area contributed by atoms with Crippen LogP contribution in [0.15, 0.2) is 52.6 Å². The number of thiophene rings is 1. The molecule has 0 bridgehead atoms. The maximum atomic E-state index is 12.3. The topological polar surface area (TPSA) is 72.1 Å². The van der Waals surface area contributed by atoms with Crippen molar-refractivity contribution >= 4 is 23.3 Å². The van der Waals surface area contributed by atoms with Gasteiger partial charge in [-0.2, -0.15) is 4.98 Å².